The molecule has 0 saturated carbocycles. The van der Waals surface area contributed by atoms with E-state index in [1.54, 1.807) is 0 Å². The highest BCUT2D eigenvalue weighted by Gasteiger charge is 2.72. The number of halogens is 11. The fourth-order valence-electron chi connectivity index (χ4n) is 1.50. The van der Waals surface area contributed by atoms with Gasteiger partial charge in [0, 0.05) is 4.83 Å². The Hall–Kier alpha value is 4.75. The van der Waals surface area contributed by atoms with E-state index in [1.165, 1.54) is 0 Å². The molecular weight excluding hydrogens is 1040 g/mol. The van der Waals surface area contributed by atoms with Crippen LogP contribution in [0.25, 0.3) is 0 Å². The van der Waals surface area contributed by atoms with Crippen LogP contribution < -0.4 is 0 Å². The lowest BCUT2D eigenvalue weighted by molar-refractivity contribution is -0.137. The Kier molecular flexibility index (Phi) is 12.4. The number of rotatable bonds is 9. The molecule has 0 radical (unpaired) electrons. The topological polar surface area (TPSA) is 37.3 Å². The fourth-order valence-corrected chi connectivity index (χ4v) is 10.9. The molecule has 2 nitrogen and oxygen atoms in total. The van der Waals surface area contributed by atoms with Crippen molar-refractivity contribution in [3.63, 3.8) is 0 Å². The molecule has 1 unspecified atom stereocenters. The molecule has 0 spiro atoms. The number of aliphatic carboxylic acids is 1. The van der Waals surface area contributed by atoms with Gasteiger partial charge in [-0.3, -0.25) is 0 Å². The molecule has 144 valence electrons. The van der Waals surface area contributed by atoms with Crippen LogP contribution in [0.2, 0.25) is 0 Å². The Morgan fingerprint density at radius 1 is 0.875 bits per heavy atom. The smallest absolute Gasteiger partial charge is 0.333 e. The van der Waals surface area contributed by atoms with Crippen molar-refractivity contribution >= 4 is 181 Å². The van der Waals surface area contributed by atoms with Crippen LogP contribution in [0, 0.1) is 0 Å². The molecule has 0 amide bonds. The predicted molar refractivity (Wildman–Crippen MR) is 143 cm³/mol. The van der Waals surface area contributed by atoms with Crippen LogP contribution in [0.15, 0.2) is 0 Å². The van der Waals surface area contributed by atoms with Crippen LogP contribution in [0.1, 0.15) is 26.2 Å². The number of carboxylic acid groups (broad SMARTS) is 1. The number of carboxylic acids is 1. The molecular formula is C11H11Br11O2. The first-order chi connectivity index (χ1) is 10.4. The molecule has 0 aliphatic carbocycles. The Labute approximate surface area is 234 Å². The zero-order chi connectivity index (χ0) is 19.8. The van der Waals surface area contributed by atoms with Gasteiger partial charge in [-0.1, -0.05) is 195 Å². The van der Waals surface area contributed by atoms with Crippen LogP contribution in [0.5, 0.6) is 0 Å². The van der Waals surface area contributed by atoms with E-state index in [-0.39, 0.29) is 4.83 Å². The maximum absolute atomic E-state index is 11.7. The van der Waals surface area contributed by atoms with Crippen LogP contribution in [0.4, 0.5) is 0 Å². The SMILES string of the molecule is CCCCC(Br)C(Br)(Br)C(Br)(Br)C(Br)(Br)C(Br)(Br)C(Br)(Br)C(=O)O. The molecule has 0 aromatic rings. The van der Waals surface area contributed by atoms with Gasteiger partial charge in [-0.2, -0.15) is 0 Å². The monoisotopic (exact) mass is 1040 g/mol. The molecule has 0 aromatic heterocycles. The largest absolute Gasteiger partial charge is 0.480 e. The van der Waals surface area contributed by atoms with Gasteiger partial charge in [0.2, 0.25) is 3.23 Å². The highest BCUT2D eigenvalue weighted by molar-refractivity contribution is 9.35. The summed E-state index contributed by atoms with van der Waals surface area (Å²) in [5.74, 6) is -1.12. The zero-order valence-corrected chi connectivity index (χ0v) is 29.2. The second-order valence-electron chi connectivity index (χ2n) is 4.84. The number of hydrogen-bond donors (Lipinski definition) is 1. The van der Waals surface area contributed by atoms with Crippen molar-refractivity contribution in [3.8, 4) is 0 Å². The standard InChI is InChI=1S/C11H11Br11O2/c1-2-3-4-5(12)7(13,14)9(17,18)11(21,22)10(19,20)8(15,16)6(23)24/h5H,2-4H2,1H3,(H,23,24). The minimum Gasteiger partial charge on any atom is -0.480 e. The van der Waals surface area contributed by atoms with Crippen molar-refractivity contribution in [2.24, 2.45) is 0 Å². The van der Waals surface area contributed by atoms with Gasteiger partial charge in [-0.25, -0.2) is 4.79 Å². The summed E-state index contributed by atoms with van der Waals surface area (Å²) >= 11 is 39.2. The van der Waals surface area contributed by atoms with E-state index in [0.29, 0.717) is 0 Å². The normalized spacial score (nSPS) is 16.2. The number of unbranched alkanes of at least 4 members (excludes halogenated alkanes) is 1. The van der Waals surface area contributed by atoms with Gasteiger partial charge in [-0.05, 0) is 6.42 Å². The van der Waals surface area contributed by atoms with Gasteiger partial charge >= 0.3 is 5.97 Å². The van der Waals surface area contributed by atoms with E-state index in [4.69, 9.17) is 0 Å². The highest BCUT2D eigenvalue weighted by atomic mass is 79.9. The molecule has 1 atom stereocenters. The molecule has 0 aliphatic heterocycles. The van der Waals surface area contributed by atoms with Crippen molar-refractivity contribution in [1.29, 1.82) is 0 Å². The van der Waals surface area contributed by atoms with Gasteiger partial charge in [0.05, 0.1) is 0 Å². The summed E-state index contributed by atoms with van der Waals surface area (Å²) < 4.78 is -5.53. The third-order valence-electron chi connectivity index (χ3n) is 3.07. The van der Waals surface area contributed by atoms with E-state index < -0.39 is 22.1 Å². The maximum Gasteiger partial charge on any atom is 0.333 e. The third-order valence-corrected chi connectivity index (χ3v) is 25.3. The van der Waals surface area contributed by atoms with Gasteiger partial charge in [0.1, 0.15) is 12.9 Å². The maximum atomic E-state index is 11.7. The lowest BCUT2D eigenvalue weighted by Gasteiger charge is -2.52. The molecule has 0 saturated heterocycles. The van der Waals surface area contributed by atoms with E-state index in [0.717, 1.165) is 19.3 Å². The van der Waals surface area contributed by atoms with Crippen LogP contribution in [0.3, 0.4) is 0 Å². The molecule has 0 aliphatic rings. The first-order valence-electron chi connectivity index (χ1n) is 6.19. The van der Waals surface area contributed by atoms with E-state index in [9.17, 15) is 9.90 Å². The molecule has 0 fully saturated rings. The second-order valence-corrected chi connectivity index (χ2v) is 23.3. The summed E-state index contributed by atoms with van der Waals surface area (Å²) in [4.78, 5) is 11.7. The van der Waals surface area contributed by atoms with E-state index in [2.05, 4.69) is 182 Å². The summed E-state index contributed by atoms with van der Waals surface area (Å²) in [7, 11) is 0. The first-order valence-corrected chi connectivity index (χ1v) is 15.0. The fraction of sp³-hybridized carbons (Fsp3) is 0.909. The summed E-state index contributed by atoms with van der Waals surface area (Å²) in [6, 6.07) is 0. The third kappa shape index (κ3) is 5.51. The Morgan fingerprint density at radius 2 is 1.29 bits per heavy atom. The van der Waals surface area contributed by atoms with Gasteiger partial charge in [0.15, 0.2) is 0 Å². The molecule has 0 rings (SSSR count). The quantitative estimate of drug-likeness (QED) is 0.234. The molecule has 13 heteroatoms. The predicted octanol–water partition coefficient (Wildman–Crippen LogP) is 9.46. The average molecular weight is 1050 g/mol. The molecule has 1 N–H and O–H groups in total. The van der Waals surface area contributed by atoms with Crippen LogP contribution in [-0.2, 0) is 4.79 Å². The summed E-state index contributed by atoms with van der Waals surface area (Å²) in [6.45, 7) is 2.12. The van der Waals surface area contributed by atoms with Gasteiger partial charge < -0.3 is 5.11 Å². The average Bonchev–Trinajstić information content (AvgIpc) is 2.43. The van der Waals surface area contributed by atoms with E-state index in [1.807, 2.05) is 0 Å². The van der Waals surface area contributed by atoms with E-state index >= 15 is 0 Å². The summed E-state index contributed by atoms with van der Waals surface area (Å²) in [5, 5.41) is 9.58. The van der Waals surface area contributed by atoms with Crippen molar-refractivity contribution < 1.29 is 9.90 Å². The Bertz CT molecular complexity index is 461. The zero-order valence-electron chi connectivity index (χ0n) is 11.7. The van der Waals surface area contributed by atoms with Crippen molar-refractivity contribution in [3.05, 3.63) is 0 Å². The van der Waals surface area contributed by atoms with Crippen molar-refractivity contribution in [2.45, 2.75) is 47.2 Å². The molecule has 0 heterocycles. The van der Waals surface area contributed by atoms with Crippen LogP contribution >= 0.6 is 175 Å². The lowest BCUT2D eigenvalue weighted by atomic mass is 10.1. The van der Waals surface area contributed by atoms with Gasteiger partial charge in [-0.15, -0.1) is 0 Å². The highest BCUT2D eigenvalue weighted by Crippen LogP contribution is 2.72. The Morgan fingerprint density at radius 3 is 1.62 bits per heavy atom. The summed E-state index contributed by atoms with van der Waals surface area (Å²) in [5.41, 5.74) is 0. The number of hydrogen-bond acceptors (Lipinski definition) is 1. The first kappa shape index (κ1) is 28.8. The van der Waals surface area contributed by atoms with Crippen LogP contribution in [-0.4, -0.2) is 32.1 Å². The number of alkyl halides is 11. The lowest BCUT2D eigenvalue weighted by Crippen LogP contribution is -2.64. The van der Waals surface area contributed by atoms with Crippen molar-refractivity contribution in [1.82, 2.24) is 0 Å². The van der Waals surface area contributed by atoms with Gasteiger partial charge in [0.25, 0.3) is 0 Å². The molecule has 0 aromatic carbocycles. The second kappa shape index (κ2) is 10.4. The minimum atomic E-state index is -1.55. The molecule has 0 bridgehead atoms. The Balaban J connectivity index is 6.02. The number of carbonyl (C=O) groups is 1. The minimum absolute atomic E-state index is 0.0128. The molecule has 24 heavy (non-hydrogen) atoms. The van der Waals surface area contributed by atoms with Crippen molar-refractivity contribution in [2.75, 3.05) is 0 Å². The summed E-state index contributed by atoms with van der Waals surface area (Å²) in [6.07, 6.45) is 2.99.